The lowest BCUT2D eigenvalue weighted by atomic mass is 9.91. The Morgan fingerprint density at radius 1 is 0.966 bits per heavy atom. The summed E-state index contributed by atoms with van der Waals surface area (Å²) in [6, 6.07) is 8.18. The fourth-order valence-electron chi connectivity index (χ4n) is 4.13. The Labute approximate surface area is 175 Å². The third-order valence-electron chi connectivity index (χ3n) is 5.74. The summed E-state index contributed by atoms with van der Waals surface area (Å²) >= 11 is 0. The van der Waals surface area contributed by atoms with Crippen LogP contribution in [0.5, 0.6) is 0 Å². The summed E-state index contributed by atoms with van der Waals surface area (Å²) in [7, 11) is 0. The third kappa shape index (κ3) is 6.65. The normalized spacial score (nSPS) is 18.4. The average molecular weight is 401 g/mol. The zero-order chi connectivity index (χ0) is 20.9. The molecule has 0 radical (unpaired) electrons. The molecule has 0 aromatic heterocycles. The highest BCUT2D eigenvalue weighted by Crippen LogP contribution is 2.23. The van der Waals surface area contributed by atoms with E-state index in [1.807, 2.05) is 29.2 Å². The molecule has 1 aliphatic heterocycles. The number of carbonyl (C=O) groups excluding carboxylic acids is 2. The van der Waals surface area contributed by atoms with Crippen LogP contribution in [0.1, 0.15) is 59.3 Å². The van der Waals surface area contributed by atoms with Gasteiger partial charge in [-0.2, -0.15) is 0 Å². The van der Waals surface area contributed by atoms with E-state index in [1.165, 1.54) is 19.3 Å². The van der Waals surface area contributed by atoms with Crippen molar-refractivity contribution < 1.29 is 9.59 Å². The second kappa shape index (κ2) is 9.51. The molecule has 2 N–H and O–H groups in total. The van der Waals surface area contributed by atoms with Crippen molar-refractivity contribution in [3.8, 4) is 0 Å². The van der Waals surface area contributed by atoms with E-state index in [1.54, 1.807) is 0 Å². The number of nitrogens with one attached hydrogen (secondary N) is 2. The number of nitrogens with zero attached hydrogens (tertiary/aromatic N) is 2. The lowest BCUT2D eigenvalue weighted by molar-refractivity contribution is -0.133. The molecule has 1 saturated heterocycles. The number of carbonyl (C=O) groups is 2. The second-order valence-corrected chi connectivity index (χ2v) is 9.59. The van der Waals surface area contributed by atoms with Gasteiger partial charge in [-0.3, -0.25) is 4.79 Å². The van der Waals surface area contributed by atoms with Crippen LogP contribution in [0.15, 0.2) is 24.3 Å². The van der Waals surface area contributed by atoms with E-state index >= 15 is 0 Å². The summed E-state index contributed by atoms with van der Waals surface area (Å²) in [5.41, 5.74) is 1.97. The zero-order valence-electron chi connectivity index (χ0n) is 18.2. The van der Waals surface area contributed by atoms with E-state index in [9.17, 15) is 9.59 Å². The van der Waals surface area contributed by atoms with Gasteiger partial charge in [-0.1, -0.05) is 40.0 Å². The van der Waals surface area contributed by atoms with Gasteiger partial charge in [0.25, 0.3) is 0 Å². The summed E-state index contributed by atoms with van der Waals surface area (Å²) in [5.74, 6) is 0.251. The molecule has 6 nitrogen and oxygen atoms in total. The number of piperazine rings is 1. The minimum atomic E-state index is -0.115. The third-order valence-corrected chi connectivity index (χ3v) is 5.74. The number of anilines is 2. The van der Waals surface area contributed by atoms with Gasteiger partial charge in [0.1, 0.15) is 0 Å². The fourth-order valence-corrected chi connectivity index (χ4v) is 4.13. The summed E-state index contributed by atoms with van der Waals surface area (Å²) < 4.78 is 0. The van der Waals surface area contributed by atoms with Gasteiger partial charge in [0.05, 0.1) is 0 Å². The molecular weight excluding hydrogens is 364 g/mol. The molecule has 1 heterocycles. The van der Waals surface area contributed by atoms with Gasteiger partial charge in [-0.25, -0.2) is 4.79 Å². The van der Waals surface area contributed by atoms with Crippen LogP contribution in [0, 0.1) is 5.41 Å². The highest BCUT2D eigenvalue weighted by molar-refractivity contribution is 5.89. The first-order valence-electron chi connectivity index (χ1n) is 11.0. The molecule has 0 spiro atoms. The Bertz CT molecular complexity index is 682. The molecule has 0 atom stereocenters. The lowest BCUT2D eigenvalue weighted by Crippen LogP contribution is -2.49. The van der Waals surface area contributed by atoms with E-state index < -0.39 is 0 Å². The van der Waals surface area contributed by atoms with Crippen LogP contribution in [0.3, 0.4) is 0 Å². The van der Waals surface area contributed by atoms with Crippen LogP contribution >= 0.6 is 0 Å². The second-order valence-electron chi connectivity index (χ2n) is 9.59. The van der Waals surface area contributed by atoms with Gasteiger partial charge < -0.3 is 20.4 Å². The lowest BCUT2D eigenvalue weighted by Gasteiger charge is -2.37. The molecule has 1 aliphatic carbocycles. The minimum Gasteiger partial charge on any atom is -0.368 e. The summed E-state index contributed by atoms with van der Waals surface area (Å²) in [4.78, 5) is 28.9. The highest BCUT2D eigenvalue weighted by atomic mass is 16.2. The monoisotopic (exact) mass is 400 g/mol. The maximum Gasteiger partial charge on any atom is 0.319 e. The number of benzene rings is 1. The van der Waals surface area contributed by atoms with Crippen molar-refractivity contribution in [1.29, 1.82) is 0 Å². The van der Waals surface area contributed by atoms with Crippen LogP contribution in [0.4, 0.5) is 16.2 Å². The van der Waals surface area contributed by atoms with Crippen LogP contribution in [-0.2, 0) is 4.79 Å². The number of rotatable bonds is 4. The van der Waals surface area contributed by atoms with E-state index in [0.29, 0.717) is 12.5 Å². The predicted molar refractivity (Wildman–Crippen MR) is 118 cm³/mol. The summed E-state index contributed by atoms with van der Waals surface area (Å²) in [6.07, 6.45) is 6.44. The number of hydrogen-bond acceptors (Lipinski definition) is 3. The number of urea groups is 1. The smallest absolute Gasteiger partial charge is 0.319 e. The quantitative estimate of drug-likeness (QED) is 0.795. The number of amides is 3. The SMILES string of the molecule is CC(C)(C)CC(=O)N1CCN(c2ccc(NC(=O)NC3CCCCC3)cc2)CC1. The van der Waals surface area contributed by atoms with Crippen molar-refractivity contribution in [2.75, 3.05) is 36.4 Å². The standard InChI is InChI=1S/C23H36N4O2/c1-23(2,3)17-21(28)27-15-13-26(14-16-27)20-11-9-19(10-12-20)25-22(29)24-18-7-5-4-6-8-18/h9-12,18H,4-8,13-17H2,1-3H3,(H2,24,25,29). The van der Waals surface area contributed by atoms with Crippen molar-refractivity contribution in [2.45, 2.75) is 65.3 Å². The van der Waals surface area contributed by atoms with Gasteiger partial charge in [0, 0.05) is 50.0 Å². The van der Waals surface area contributed by atoms with Gasteiger partial charge in [0.15, 0.2) is 0 Å². The van der Waals surface area contributed by atoms with Crippen LogP contribution in [-0.4, -0.2) is 49.1 Å². The Hall–Kier alpha value is -2.24. The average Bonchev–Trinajstić information content (AvgIpc) is 2.68. The van der Waals surface area contributed by atoms with Crippen LogP contribution in [0.25, 0.3) is 0 Å². The first kappa shape index (κ1) is 21.5. The molecule has 1 aromatic rings. The van der Waals surface area contributed by atoms with Gasteiger partial charge >= 0.3 is 6.03 Å². The Balaban J connectivity index is 1.45. The molecule has 3 amide bonds. The highest BCUT2D eigenvalue weighted by Gasteiger charge is 2.25. The molecular formula is C23H36N4O2. The van der Waals surface area contributed by atoms with Gasteiger partial charge in [-0.05, 0) is 42.5 Å². The molecule has 0 bridgehead atoms. The molecule has 1 saturated carbocycles. The van der Waals surface area contributed by atoms with E-state index in [2.05, 4.69) is 36.3 Å². The minimum absolute atomic E-state index is 0.0281. The van der Waals surface area contributed by atoms with E-state index in [-0.39, 0.29) is 17.4 Å². The molecule has 2 fully saturated rings. The van der Waals surface area contributed by atoms with Crippen molar-refractivity contribution in [3.63, 3.8) is 0 Å². The largest absolute Gasteiger partial charge is 0.368 e. The molecule has 6 heteroatoms. The summed E-state index contributed by atoms with van der Waals surface area (Å²) in [6.45, 7) is 9.51. The molecule has 3 rings (SSSR count). The van der Waals surface area contributed by atoms with Crippen LogP contribution in [0.2, 0.25) is 0 Å². The molecule has 1 aromatic carbocycles. The molecule has 29 heavy (non-hydrogen) atoms. The zero-order valence-corrected chi connectivity index (χ0v) is 18.2. The summed E-state index contributed by atoms with van der Waals surface area (Å²) in [5, 5.41) is 6.02. The van der Waals surface area contributed by atoms with Crippen molar-refractivity contribution in [3.05, 3.63) is 24.3 Å². The van der Waals surface area contributed by atoms with E-state index in [0.717, 1.165) is 50.4 Å². The van der Waals surface area contributed by atoms with Crippen LogP contribution < -0.4 is 15.5 Å². The molecule has 160 valence electrons. The topological polar surface area (TPSA) is 64.7 Å². The Kier molecular flexibility index (Phi) is 7.04. The Morgan fingerprint density at radius 2 is 1.59 bits per heavy atom. The van der Waals surface area contributed by atoms with Gasteiger partial charge in [0.2, 0.25) is 5.91 Å². The maximum atomic E-state index is 12.4. The fraction of sp³-hybridized carbons (Fsp3) is 0.652. The maximum absolute atomic E-state index is 12.4. The van der Waals surface area contributed by atoms with Crippen molar-refractivity contribution in [1.82, 2.24) is 10.2 Å². The van der Waals surface area contributed by atoms with Gasteiger partial charge in [-0.15, -0.1) is 0 Å². The molecule has 0 unspecified atom stereocenters. The van der Waals surface area contributed by atoms with Crippen molar-refractivity contribution >= 4 is 23.3 Å². The van der Waals surface area contributed by atoms with E-state index in [4.69, 9.17) is 0 Å². The number of hydrogen-bond donors (Lipinski definition) is 2. The Morgan fingerprint density at radius 3 is 2.17 bits per heavy atom. The first-order valence-corrected chi connectivity index (χ1v) is 11.0. The first-order chi connectivity index (χ1) is 13.8. The predicted octanol–water partition coefficient (Wildman–Crippen LogP) is 4.23. The molecule has 2 aliphatic rings. The van der Waals surface area contributed by atoms with Crippen molar-refractivity contribution in [2.24, 2.45) is 5.41 Å².